The maximum Gasteiger partial charge on any atom is 0.0702 e. The normalized spacial score (nSPS) is 10.7. The fraction of sp³-hybridized carbons (Fsp3) is 0.308. The van der Waals surface area contributed by atoms with Crippen molar-refractivity contribution in [3.05, 3.63) is 46.7 Å². The van der Waals surface area contributed by atoms with Gasteiger partial charge in [-0.1, -0.05) is 17.7 Å². The highest BCUT2D eigenvalue weighted by Crippen LogP contribution is 2.25. The van der Waals surface area contributed by atoms with E-state index < -0.39 is 0 Å². The quantitative estimate of drug-likeness (QED) is 0.922. The third-order valence-electron chi connectivity index (χ3n) is 2.81. The molecule has 1 heterocycles. The molecule has 0 spiro atoms. The molecule has 0 aliphatic heterocycles. The summed E-state index contributed by atoms with van der Waals surface area (Å²) < 4.78 is 1.77. The average molecular weight is 266 g/mol. The van der Waals surface area contributed by atoms with Crippen molar-refractivity contribution < 1.29 is 5.11 Å². The molecule has 0 saturated heterocycles. The number of aryl methyl sites for hydroxylation is 1. The highest BCUT2D eigenvalue weighted by Gasteiger charge is 2.09. The van der Waals surface area contributed by atoms with Crippen LogP contribution in [0.15, 0.2) is 30.6 Å². The second-order valence-corrected chi connectivity index (χ2v) is 4.75. The number of rotatable bonds is 4. The van der Waals surface area contributed by atoms with Gasteiger partial charge in [-0.25, -0.2) is 0 Å². The zero-order chi connectivity index (χ0) is 13.1. The number of hydrogen-bond acceptors (Lipinski definition) is 3. The molecule has 5 heteroatoms. The lowest BCUT2D eigenvalue weighted by Crippen LogP contribution is -2.17. The van der Waals surface area contributed by atoms with E-state index in [2.05, 4.69) is 10.00 Å². The van der Waals surface area contributed by atoms with Crippen LogP contribution in [-0.2, 0) is 20.2 Å². The number of nitrogens with zero attached hydrogens (tertiary/aromatic N) is 3. The van der Waals surface area contributed by atoms with E-state index in [4.69, 9.17) is 11.6 Å². The van der Waals surface area contributed by atoms with Crippen molar-refractivity contribution in [3.63, 3.8) is 0 Å². The molecule has 96 valence electrons. The third kappa shape index (κ3) is 2.83. The maximum atomic E-state index is 9.34. The number of hydrogen-bond donors (Lipinski definition) is 1. The van der Waals surface area contributed by atoms with Gasteiger partial charge in [-0.05, 0) is 12.1 Å². The molecular formula is C13H16ClN3O. The van der Waals surface area contributed by atoms with Crippen LogP contribution in [0.2, 0.25) is 5.02 Å². The number of benzene rings is 1. The van der Waals surface area contributed by atoms with Crippen LogP contribution in [0.5, 0.6) is 0 Å². The fourth-order valence-corrected chi connectivity index (χ4v) is 2.10. The Labute approximate surface area is 111 Å². The summed E-state index contributed by atoms with van der Waals surface area (Å²) in [7, 11) is 3.86. The molecule has 2 rings (SSSR count). The number of aliphatic hydroxyl groups excluding tert-OH is 1. The molecule has 0 atom stereocenters. The first-order chi connectivity index (χ1) is 8.60. The van der Waals surface area contributed by atoms with Gasteiger partial charge in [0.1, 0.15) is 0 Å². The highest BCUT2D eigenvalue weighted by atomic mass is 35.5. The molecule has 0 amide bonds. The molecule has 1 aromatic carbocycles. The first kappa shape index (κ1) is 12.9. The molecular weight excluding hydrogens is 250 g/mol. The predicted octanol–water partition coefficient (Wildman–Crippen LogP) is 2.20. The van der Waals surface area contributed by atoms with Gasteiger partial charge >= 0.3 is 0 Å². The number of halogens is 1. The first-order valence-electron chi connectivity index (χ1n) is 5.68. The van der Waals surface area contributed by atoms with Crippen LogP contribution >= 0.6 is 11.6 Å². The Bertz CT molecular complexity index is 539. The topological polar surface area (TPSA) is 41.3 Å². The molecule has 0 unspecified atom stereocenters. The fourth-order valence-electron chi connectivity index (χ4n) is 1.94. The van der Waals surface area contributed by atoms with Crippen molar-refractivity contribution in [1.29, 1.82) is 0 Å². The molecule has 0 aliphatic rings. The van der Waals surface area contributed by atoms with Gasteiger partial charge in [0.2, 0.25) is 0 Å². The summed E-state index contributed by atoms with van der Waals surface area (Å²) in [6, 6.07) is 5.50. The zero-order valence-electron chi connectivity index (χ0n) is 10.5. The molecule has 1 N–H and O–H groups in total. The summed E-state index contributed by atoms with van der Waals surface area (Å²) in [6.07, 6.45) is 3.80. The minimum Gasteiger partial charge on any atom is -0.392 e. The minimum absolute atomic E-state index is 0.00385. The summed E-state index contributed by atoms with van der Waals surface area (Å²) in [5.41, 5.74) is 2.92. The smallest absolute Gasteiger partial charge is 0.0702 e. The third-order valence-corrected chi connectivity index (χ3v) is 3.04. The first-order valence-corrected chi connectivity index (χ1v) is 6.06. The van der Waals surface area contributed by atoms with Crippen LogP contribution < -0.4 is 4.90 Å². The van der Waals surface area contributed by atoms with Crippen LogP contribution in [0.3, 0.4) is 0 Å². The Balaban J connectivity index is 2.22. The van der Waals surface area contributed by atoms with E-state index in [9.17, 15) is 5.11 Å². The van der Waals surface area contributed by atoms with E-state index in [1.165, 1.54) is 0 Å². The lowest BCUT2D eigenvalue weighted by molar-refractivity contribution is 0.282. The van der Waals surface area contributed by atoms with Gasteiger partial charge in [-0.3, -0.25) is 4.68 Å². The summed E-state index contributed by atoms with van der Waals surface area (Å²) in [5.74, 6) is 0. The molecule has 0 bridgehead atoms. The van der Waals surface area contributed by atoms with Gasteiger partial charge in [-0.2, -0.15) is 5.10 Å². The SMILES string of the molecule is CN(Cc1cnn(C)c1)c1cc(Cl)ccc1CO. The minimum atomic E-state index is 0.00385. The second-order valence-electron chi connectivity index (χ2n) is 4.31. The molecule has 0 aliphatic carbocycles. The van der Waals surface area contributed by atoms with Crippen LogP contribution in [0.25, 0.3) is 0 Å². The molecule has 4 nitrogen and oxygen atoms in total. The summed E-state index contributed by atoms with van der Waals surface area (Å²) in [5, 5.41) is 14.1. The Hall–Kier alpha value is -1.52. The van der Waals surface area contributed by atoms with Crippen molar-refractivity contribution in [2.75, 3.05) is 11.9 Å². The summed E-state index contributed by atoms with van der Waals surface area (Å²) in [6.45, 7) is 0.727. The van der Waals surface area contributed by atoms with E-state index >= 15 is 0 Å². The van der Waals surface area contributed by atoms with Gasteiger partial charge < -0.3 is 10.0 Å². The number of anilines is 1. The Morgan fingerprint density at radius 2 is 2.22 bits per heavy atom. The molecule has 2 aromatic rings. The Morgan fingerprint density at radius 3 is 2.83 bits per heavy atom. The van der Waals surface area contributed by atoms with Crippen molar-refractivity contribution in [2.45, 2.75) is 13.2 Å². The summed E-state index contributed by atoms with van der Waals surface area (Å²) >= 11 is 6.00. The average Bonchev–Trinajstić information content (AvgIpc) is 2.74. The number of aliphatic hydroxyl groups is 1. The van der Waals surface area contributed by atoms with E-state index in [1.54, 1.807) is 10.7 Å². The lowest BCUT2D eigenvalue weighted by atomic mass is 10.1. The molecule has 0 saturated carbocycles. The Kier molecular flexibility index (Phi) is 3.89. The molecule has 0 fully saturated rings. The van der Waals surface area contributed by atoms with E-state index in [0.29, 0.717) is 5.02 Å². The van der Waals surface area contributed by atoms with Crippen LogP contribution in [0, 0.1) is 0 Å². The largest absolute Gasteiger partial charge is 0.392 e. The molecule has 0 radical (unpaired) electrons. The number of aromatic nitrogens is 2. The van der Waals surface area contributed by atoms with Crippen LogP contribution in [-0.4, -0.2) is 21.9 Å². The van der Waals surface area contributed by atoms with Gasteiger partial charge in [0.15, 0.2) is 0 Å². The van der Waals surface area contributed by atoms with E-state index in [-0.39, 0.29) is 6.61 Å². The Morgan fingerprint density at radius 1 is 1.44 bits per heavy atom. The predicted molar refractivity (Wildman–Crippen MR) is 72.7 cm³/mol. The standard InChI is InChI=1S/C13H16ClN3O/c1-16(7-10-6-15-17(2)8-10)13-5-12(14)4-3-11(13)9-18/h3-6,8,18H,7,9H2,1-2H3. The van der Waals surface area contributed by atoms with E-state index in [1.807, 2.05) is 38.6 Å². The maximum absolute atomic E-state index is 9.34. The van der Waals surface area contributed by atoms with Gasteiger partial charge in [0, 0.05) is 48.7 Å². The van der Waals surface area contributed by atoms with Crippen LogP contribution in [0.1, 0.15) is 11.1 Å². The summed E-state index contributed by atoms with van der Waals surface area (Å²) in [4.78, 5) is 2.05. The van der Waals surface area contributed by atoms with E-state index in [0.717, 1.165) is 23.4 Å². The van der Waals surface area contributed by atoms with Crippen molar-refractivity contribution in [3.8, 4) is 0 Å². The van der Waals surface area contributed by atoms with Crippen LogP contribution in [0.4, 0.5) is 5.69 Å². The highest BCUT2D eigenvalue weighted by molar-refractivity contribution is 6.30. The molecule has 1 aromatic heterocycles. The monoisotopic (exact) mass is 265 g/mol. The lowest BCUT2D eigenvalue weighted by Gasteiger charge is -2.21. The second kappa shape index (κ2) is 5.42. The van der Waals surface area contributed by atoms with Crippen molar-refractivity contribution in [2.24, 2.45) is 7.05 Å². The van der Waals surface area contributed by atoms with Crippen molar-refractivity contribution >= 4 is 17.3 Å². The molecule has 18 heavy (non-hydrogen) atoms. The van der Waals surface area contributed by atoms with Gasteiger partial charge in [0.25, 0.3) is 0 Å². The van der Waals surface area contributed by atoms with Crippen molar-refractivity contribution in [1.82, 2.24) is 9.78 Å². The van der Waals surface area contributed by atoms with Gasteiger partial charge in [0.05, 0.1) is 12.8 Å². The zero-order valence-corrected chi connectivity index (χ0v) is 11.2. The van der Waals surface area contributed by atoms with Gasteiger partial charge in [-0.15, -0.1) is 0 Å².